The van der Waals surface area contributed by atoms with Gasteiger partial charge in [-0.05, 0) is 48.9 Å². The third-order valence-electron chi connectivity index (χ3n) is 5.90. The summed E-state index contributed by atoms with van der Waals surface area (Å²) < 4.78 is 13.8. The Labute approximate surface area is 184 Å². The number of hydrogen-bond acceptors (Lipinski definition) is 2. The molecule has 6 heteroatoms. The zero-order valence-electron chi connectivity index (χ0n) is 18.4. The van der Waals surface area contributed by atoms with E-state index in [1.807, 2.05) is 36.4 Å². The first-order valence-electron chi connectivity index (χ1n) is 11.1. The van der Waals surface area contributed by atoms with Crippen molar-refractivity contribution in [3.8, 4) is 0 Å². The lowest BCUT2D eigenvalue weighted by molar-refractivity contribution is -0.126. The van der Waals surface area contributed by atoms with Crippen molar-refractivity contribution < 1.29 is 14.0 Å². The summed E-state index contributed by atoms with van der Waals surface area (Å²) in [5.74, 6) is -0.556. The third kappa shape index (κ3) is 6.06. The molecule has 2 atom stereocenters. The SMILES string of the molecule is CCCCNC(=O)N1C[C@H](C(=O)NCc2ccccc2)CC[C@H]1c1ccc(F)c(C)c1. The van der Waals surface area contributed by atoms with Crippen molar-refractivity contribution in [2.45, 2.75) is 52.1 Å². The summed E-state index contributed by atoms with van der Waals surface area (Å²) in [6, 6.07) is 14.5. The van der Waals surface area contributed by atoms with Crippen LogP contribution in [0.25, 0.3) is 0 Å². The molecule has 0 aliphatic carbocycles. The maximum atomic E-state index is 13.8. The number of halogens is 1. The highest BCUT2D eigenvalue weighted by molar-refractivity contribution is 5.81. The van der Waals surface area contributed by atoms with Gasteiger partial charge in [-0.3, -0.25) is 4.79 Å². The Kier molecular flexibility index (Phi) is 8.04. The van der Waals surface area contributed by atoms with E-state index in [1.165, 1.54) is 6.07 Å². The molecule has 0 saturated carbocycles. The number of amides is 3. The molecule has 3 amide bonds. The number of aryl methyl sites for hydroxylation is 1. The van der Waals surface area contributed by atoms with Crippen molar-refractivity contribution in [2.24, 2.45) is 5.92 Å². The van der Waals surface area contributed by atoms with Crippen LogP contribution in [0.3, 0.4) is 0 Å². The number of nitrogens with zero attached hydrogens (tertiary/aromatic N) is 1. The van der Waals surface area contributed by atoms with Crippen LogP contribution in [0, 0.1) is 18.7 Å². The first-order chi connectivity index (χ1) is 15.0. The maximum Gasteiger partial charge on any atom is 0.317 e. The average Bonchev–Trinajstić information content (AvgIpc) is 2.79. The van der Waals surface area contributed by atoms with Crippen LogP contribution in [0.15, 0.2) is 48.5 Å². The van der Waals surface area contributed by atoms with Gasteiger partial charge in [0, 0.05) is 19.6 Å². The Morgan fingerprint density at radius 1 is 1.10 bits per heavy atom. The van der Waals surface area contributed by atoms with E-state index < -0.39 is 0 Å². The van der Waals surface area contributed by atoms with Gasteiger partial charge in [0.25, 0.3) is 0 Å². The topological polar surface area (TPSA) is 61.4 Å². The van der Waals surface area contributed by atoms with Gasteiger partial charge >= 0.3 is 6.03 Å². The van der Waals surface area contributed by atoms with Crippen molar-refractivity contribution >= 4 is 11.9 Å². The van der Waals surface area contributed by atoms with Crippen molar-refractivity contribution in [1.29, 1.82) is 0 Å². The van der Waals surface area contributed by atoms with Crippen molar-refractivity contribution in [2.75, 3.05) is 13.1 Å². The molecule has 1 fully saturated rings. The molecule has 2 aromatic carbocycles. The van der Waals surface area contributed by atoms with Crippen LogP contribution in [0.4, 0.5) is 9.18 Å². The van der Waals surface area contributed by atoms with Crippen LogP contribution in [0.5, 0.6) is 0 Å². The Morgan fingerprint density at radius 3 is 2.58 bits per heavy atom. The number of piperidine rings is 1. The van der Waals surface area contributed by atoms with Crippen LogP contribution in [-0.4, -0.2) is 29.9 Å². The van der Waals surface area contributed by atoms with Crippen LogP contribution in [0.2, 0.25) is 0 Å². The number of carbonyl (C=O) groups excluding carboxylic acids is 2. The number of carbonyl (C=O) groups is 2. The molecule has 0 aromatic heterocycles. The quantitative estimate of drug-likeness (QED) is 0.631. The van der Waals surface area contributed by atoms with Crippen molar-refractivity contribution in [3.05, 3.63) is 71.0 Å². The number of benzene rings is 2. The highest BCUT2D eigenvalue weighted by Crippen LogP contribution is 2.34. The zero-order valence-corrected chi connectivity index (χ0v) is 18.4. The number of nitrogens with one attached hydrogen (secondary N) is 2. The van der Waals surface area contributed by atoms with E-state index in [0.717, 1.165) is 24.0 Å². The second-order valence-electron chi connectivity index (χ2n) is 8.24. The zero-order chi connectivity index (χ0) is 22.2. The molecule has 166 valence electrons. The summed E-state index contributed by atoms with van der Waals surface area (Å²) in [6.07, 6.45) is 3.24. The molecular weight excluding hydrogens is 393 g/mol. The van der Waals surface area contributed by atoms with Gasteiger partial charge in [-0.15, -0.1) is 0 Å². The molecule has 2 aromatic rings. The maximum absolute atomic E-state index is 13.8. The molecular formula is C25H32FN3O2. The summed E-state index contributed by atoms with van der Waals surface area (Å²) in [5.41, 5.74) is 2.51. The van der Waals surface area contributed by atoms with Crippen LogP contribution in [-0.2, 0) is 11.3 Å². The van der Waals surface area contributed by atoms with Gasteiger partial charge in [-0.2, -0.15) is 0 Å². The van der Waals surface area contributed by atoms with E-state index in [9.17, 15) is 14.0 Å². The number of unbranched alkanes of at least 4 members (excludes halogenated alkanes) is 1. The standard InChI is InChI=1S/C25H32FN3O2/c1-3-4-14-27-25(31)29-17-21(24(30)28-16-19-8-6-5-7-9-19)11-13-23(29)20-10-12-22(26)18(2)15-20/h5-10,12,15,21,23H,3-4,11,13-14,16-17H2,1-2H3,(H,27,31)(H,28,30)/t21-,23+/m1/s1. The average molecular weight is 426 g/mol. The fourth-order valence-corrected chi connectivity index (χ4v) is 4.03. The molecule has 1 aliphatic rings. The number of rotatable bonds is 7. The van der Waals surface area contributed by atoms with E-state index in [1.54, 1.807) is 17.9 Å². The monoisotopic (exact) mass is 425 g/mol. The number of likely N-dealkylation sites (tertiary alicyclic amines) is 1. The molecule has 0 unspecified atom stereocenters. The van der Waals surface area contributed by atoms with Gasteiger partial charge in [-0.1, -0.05) is 55.8 Å². The Morgan fingerprint density at radius 2 is 1.87 bits per heavy atom. The molecule has 1 heterocycles. The predicted molar refractivity (Wildman–Crippen MR) is 120 cm³/mol. The summed E-state index contributed by atoms with van der Waals surface area (Å²) in [5, 5.41) is 5.98. The Hall–Kier alpha value is -2.89. The van der Waals surface area contributed by atoms with Crippen LogP contribution < -0.4 is 10.6 Å². The fraction of sp³-hybridized carbons (Fsp3) is 0.440. The van der Waals surface area contributed by atoms with Gasteiger partial charge in [-0.25, -0.2) is 9.18 Å². The molecule has 5 nitrogen and oxygen atoms in total. The summed E-state index contributed by atoms with van der Waals surface area (Å²) in [4.78, 5) is 27.5. The minimum absolute atomic E-state index is 0.0380. The summed E-state index contributed by atoms with van der Waals surface area (Å²) >= 11 is 0. The molecule has 3 rings (SSSR count). The number of urea groups is 1. The van der Waals surface area contributed by atoms with E-state index in [0.29, 0.717) is 38.0 Å². The molecule has 31 heavy (non-hydrogen) atoms. The molecule has 0 bridgehead atoms. The predicted octanol–water partition coefficient (Wildman–Crippen LogP) is 4.71. The van der Waals surface area contributed by atoms with Crippen LogP contribution in [0.1, 0.15) is 55.3 Å². The first kappa shape index (κ1) is 22.8. The molecule has 1 saturated heterocycles. The molecule has 1 aliphatic heterocycles. The largest absolute Gasteiger partial charge is 0.352 e. The van der Waals surface area contributed by atoms with Gasteiger partial charge in [0.1, 0.15) is 5.82 Å². The highest BCUT2D eigenvalue weighted by atomic mass is 19.1. The smallest absolute Gasteiger partial charge is 0.317 e. The lowest BCUT2D eigenvalue weighted by Gasteiger charge is -2.39. The van der Waals surface area contributed by atoms with Gasteiger partial charge in [0.2, 0.25) is 5.91 Å². The van der Waals surface area contributed by atoms with E-state index >= 15 is 0 Å². The summed E-state index contributed by atoms with van der Waals surface area (Å²) in [7, 11) is 0. The normalized spacial score (nSPS) is 18.5. The highest BCUT2D eigenvalue weighted by Gasteiger charge is 2.35. The second kappa shape index (κ2) is 10.9. The van der Waals surface area contributed by atoms with E-state index in [2.05, 4.69) is 17.6 Å². The molecule has 0 spiro atoms. The summed E-state index contributed by atoms with van der Waals surface area (Å²) in [6.45, 7) is 5.22. The fourth-order valence-electron chi connectivity index (χ4n) is 4.03. The lowest BCUT2D eigenvalue weighted by atomic mass is 9.88. The van der Waals surface area contributed by atoms with Gasteiger partial charge in [0.15, 0.2) is 0 Å². The Bertz CT molecular complexity index is 888. The third-order valence-corrected chi connectivity index (χ3v) is 5.90. The molecule has 0 radical (unpaired) electrons. The van der Waals surface area contributed by atoms with Crippen molar-refractivity contribution in [1.82, 2.24) is 15.5 Å². The van der Waals surface area contributed by atoms with E-state index in [-0.39, 0.29) is 29.7 Å². The van der Waals surface area contributed by atoms with E-state index in [4.69, 9.17) is 0 Å². The van der Waals surface area contributed by atoms with Crippen molar-refractivity contribution in [3.63, 3.8) is 0 Å². The minimum Gasteiger partial charge on any atom is -0.352 e. The molecule has 2 N–H and O–H groups in total. The minimum atomic E-state index is -0.265. The Balaban J connectivity index is 1.71. The van der Waals surface area contributed by atoms with Gasteiger partial charge in [0.05, 0.1) is 12.0 Å². The number of hydrogen-bond donors (Lipinski definition) is 2. The second-order valence-corrected chi connectivity index (χ2v) is 8.24. The van der Waals surface area contributed by atoms with Gasteiger partial charge < -0.3 is 15.5 Å². The van der Waals surface area contributed by atoms with Crippen LogP contribution >= 0.6 is 0 Å². The first-order valence-corrected chi connectivity index (χ1v) is 11.1. The lowest BCUT2D eigenvalue weighted by Crippen LogP contribution is -2.50.